The van der Waals surface area contributed by atoms with E-state index >= 15 is 0 Å². The van der Waals surface area contributed by atoms with E-state index in [1.165, 1.54) is 12.1 Å². The van der Waals surface area contributed by atoms with Gasteiger partial charge in [0.15, 0.2) is 5.96 Å². The molecule has 1 unspecified atom stereocenters. The lowest BCUT2D eigenvalue weighted by atomic mass is 10.1. The van der Waals surface area contributed by atoms with E-state index in [-0.39, 0.29) is 11.9 Å². The largest absolute Gasteiger partial charge is 0.369 e. The lowest BCUT2D eigenvalue weighted by Crippen LogP contribution is -2.36. The number of anilines is 1. The van der Waals surface area contributed by atoms with Crippen molar-refractivity contribution in [2.24, 2.45) is 10.7 Å². The van der Waals surface area contributed by atoms with E-state index in [4.69, 9.17) is 17.3 Å². The molecule has 0 radical (unpaired) electrons. The highest BCUT2D eigenvalue weighted by atomic mass is 35.5. The van der Waals surface area contributed by atoms with Gasteiger partial charge in [0.25, 0.3) is 0 Å². The third-order valence-electron chi connectivity index (χ3n) is 3.33. The van der Waals surface area contributed by atoms with Crippen LogP contribution in [0.5, 0.6) is 0 Å². The van der Waals surface area contributed by atoms with Crippen molar-refractivity contribution in [3.8, 4) is 0 Å². The molecule has 0 amide bonds. The summed E-state index contributed by atoms with van der Waals surface area (Å²) in [5.41, 5.74) is 7.69. The van der Waals surface area contributed by atoms with Crippen molar-refractivity contribution in [1.82, 2.24) is 0 Å². The summed E-state index contributed by atoms with van der Waals surface area (Å²) >= 11 is 5.90. The summed E-state index contributed by atoms with van der Waals surface area (Å²) in [7, 11) is 0. The van der Waals surface area contributed by atoms with E-state index in [0.717, 1.165) is 5.56 Å². The van der Waals surface area contributed by atoms with Crippen LogP contribution in [0.1, 0.15) is 11.6 Å². The second-order valence-electron chi connectivity index (χ2n) is 4.62. The molecular formula is C15H13ClFN3. The molecule has 0 fully saturated rings. The molecule has 1 atom stereocenters. The van der Waals surface area contributed by atoms with E-state index < -0.39 is 0 Å². The topological polar surface area (TPSA) is 41.6 Å². The number of benzene rings is 2. The van der Waals surface area contributed by atoms with Gasteiger partial charge < -0.3 is 10.6 Å². The quantitative estimate of drug-likeness (QED) is 0.921. The monoisotopic (exact) mass is 289 g/mol. The summed E-state index contributed by atoms with van der Waals surface area (Å²) in [5.74, 6) is 0.104. The van der Waals surface area contributed by atoms with Gasteiger partial charge in [-0.1, -0.05) is 29.8 Å². The highest BCUT2D eigenvalue weighted by Crippen LogP contribution is 2.31. The predicted molar refractivity (Wildman–Crippen MR) is 79.6 cm³/mol. The zero-order valence-electron chi connectivity index (χ0n) is 10.6. The average Bonchev–Trinajstić information content (AvgIpc) is 2.81. The Morgan fingerprint density at radius 3 is 2.65 bits per heavy atom. The van der Waals surface area contributed by atoms with Crippen LogP contribution in [-0.4, -0.2) is 12.5 Å². The smallest absolute Gasteiger partial charge is 0.196 e. The van der Waals surface area contributed by atoms with E-state index in [9.17, 15) is 4.39 Å². The van der Waals surface area contributed by atoms with Crippen molar-refractivity contribution in [2.45, 2.75) is 6.04 Å². The number of hydrogen-bond acceptors (Lipinski definition) is 3. The number of hydrogen-bond donors (Lipinski definition) is 1. The summed E-state index contributed by atoms with van der Waals surface area (Å²) in [5, 5.41) is 0.679. The van der Waals surface area contributed by atoms with Crippen molar-refractivity contribution in [3.05, 3.63) is 64.9 Å². The van der Waals surface area contributed by atoms with Gasteiger partial charge in [-0.25, -0.2) is 4.39 Å². The predicted octanol–water partition coefficient (Wildman–Crippen LogP) is 3.36. The maximum atomic E-state index is 13.4. The summed E-state index contributed by atoms with van der Waals surface area (Å²) in [6.07, 6.45) is 0. The Morgan fingerprint density at radius 1 is 1.20 bits per heavy atom. The third-order valence-corrected chi connectivity index (χ3v) is 3.58. The molecule has 5 heteroatoms. The first kappa shape index (κ1) is 12.9. The Bertz CT molecular complexity index is 654. The van der Waals surface area contributed by atoms with Crippen LogP contribution in [0.3, 0.4) is 0 Å². The van der Waals surface area contributed by atoms with Gasteiger partial charge in [0.2, 0.25) is 0 Å². The van der Waals surface area contributed by atoms with Gasteiger partial charge in [-0.2, -0.15) is 0 Å². The van der Waals surface area contributed by atoms with Crippen LogP contribution in [0.15, 0.2) is 53.5 Å². The van der Waals surface area contributed by atoms with Gasteiger partial charge >= 0.3 is 0 Å². The number of rotatable bonds is 2. The molecule has 0 bridgehead atoms. The molecule has 3 rings (SSSR count). The average molecular weight is 290 g/mol. The van der Waals surface area contributed by atoms with Gasteiger partial charge in [0, 0.05) is 10.7 Å². The minimum absolute atomic E-state index is 0.0333. The van der Waals surface area contributed by atoms with Crippen molar-refractivity contribution in [2.75, 3.05) is 11.4 Å². The minimum Gasteiger partial charge on any atom is -0.369 e. The zero-order chi connectivity index (χ0) is 14.1. The molecule has 0 saturated carbocycles. The van der Waals surface area contributed by atoms with Crippen molar-refractivity contribution < 1.29 is 4.39 Å². The first-order valence-corrected chi connectivity index (χ1v) is 6.63. The van der Waals surface area contributed by atoms with E-state index in [2.05, 4.69) is 4.99 Å². The fraction of sp³-hybridized carbons (Fsp3) is 0.133. The van der Waals surface area contributed by atoms with Crippen molar-refractivity contribution in [3.63, 3.8) is 0 Å². The summed E-state index contributed by atoms with van der Waals surface area (Å²) in [6.45, 7) is 0.546. The second-order valence-corrected chi connectivity index (χ2v) is 5.05. The second kappa shape index (κ2) is 5.13. The molecule has 0 aliphatic carbocycles. The number of guanidine groups is 1. The molecule has 1 aliphatic rings. The Kier molecular flexibility index (Phi) is 3.32. The Hall–Kier alpha value is -2.07. The van der Waals surface area contributed by atoms with Crippen LogP contribution in [-0.2, 0) is 0 Å². The Morgan fingerprint density at radius 2 is 1.95 bits per heavy atom. The molecule has 1 heterocycles. The van der Waals surface area contributed by atoms with E-state index in [1.54, 1.807) is 6.07 Å². The Balaban J connectivity index is 1.98. The molecule has 0 aromatic heterocycles. The number of nitrogens with two attached hydrogens (primary N) is 1. The highest BCUT2D eigenvalue weighted by Gasteiger charge is 2.28. The van der Waals surface area contributed by atoms with Crippen LogP contribution >= 0.6 is 11.6 Å². The normalized spacial score (nSPS) is 18.2. The molecule has 2 aromatic rings. The van der Waals surface area contributed by atoms with E-state index in [0.29, 0.717) is 23.2 Å². The first-order chi connectivity index (χ1) is 9.65. The molecule has 102 valence electrons. The van der Waals surface area contributed by atoms with Crippen LogP contribution in [0.2, 0.25) is 5.02 Å². The number of nitrogens with zero attached hydrogens (tertiary/aromatic N) is 2. The van der Waals surface area contributed by atoms with Gasteiger partial charge in [0.1, 0.15) is 5.82 Å². The number of halogens is 2. The summed E-state index contributed by atoms with van der Waals surface area (Å²) in [6, 6.07) is 13.8. The third kappa shape index (κ3) is 2.34. The fourth-order valence-electron chi connectivity index (χ4n) is 2.38. The van der Waals surface area contributed by atoms with Gasteiger partial charge in [-0.05, 0) is 35.9 Å². The maximum absolute atomic E-state index is 13.4. The van der Waals surface area contributed by atoms with Crippen LogP contribution < -0.4 is 10.6 Å². The molecule has 1 aliphatic heterocycles. The van der Waals surface area contributed by atoms with Gasteiger partial charge in [-0.3, -0.25) is 4.99 Å². The molecular weight excluding hydrogens is 277 g/mol. The maximum Gasteiger partial charge on any atom is 0.196 e. The lowest BCUT2D eigenvalue weighted by molar-refractivity contribution is 0.626. The lowest BCUT2D eigenvalue weighted by Gasteiger charge is -2.26. The van der Waals surface area contributed by atoms with Crippen LogP contribution in [0.4, 0.5) is 10.1 Å². The molecule has 0 spiro atoms. The summed E-state index contributed by atoms with van der Waals surface area (Å²) in [4.78, 5) is 6.11. The van der Waals surface area contributed by atoms with Gasteiger partial charge in [0.05, 0.1) is 12.6 Å². The Labute approximate surface area is 121 Å². The van der Waals surface area contributed by atoms with Crippen LogP contribution in [0.25, 0.3) is 0 Å². The van der Waals surface area contributed by atoms with Crippen LogP contribution in [0, 0.1) is 5.82 Å². The van der Waals surface area contributed by atoms with Gasteiger partial charge in [-0.15, -0.1) is 0 Å². The summed E-state index contributed by atoms with van der Waals surface area (Å²) < 4.78 is 13.4. The zero-order valence-corrected chi connectivity index (χ0v) is 11.4. The van der Waals surface area contributed by atoms with Crippen molar-refractivity contribution >= 4 is 23.2 Å². The molecule has 0 saturated heterocycles. The van der Waals surface area contributed by atoms with E-state index in [1.807, 2.05) is 35.2 Å². The molecule has 20 heavy (non-hydrogen) atoms. The fourth-order valence-corrected chi connectivity index (χ4v) is 2.50. The highest BCUT2D eigenvalue weighted by molar-refractivity contribution is 6.30. The SMILES string of the molecule is NC1=NCC(c2ccc(Cl)cc2)N1c1cccc(F)c1. The first-order valence-electron chi connectivity index (χ1n) is 6.25. The number of aliphatic imine (C=N–C) groups is 1. The minimum atomic E-state index is -0.294. The standard InChI is InChI=1S/C15H13ClFN3/c16-11-6-4-10(5-7-11)14-9-19-15(18)20(14)13-3-1-2-12(17)8-13/h1-8,14H,9H2,(H2,18,19). The molecule has 3 nitrogen and oxygen atoms in total. The molecule has 2 N–H and O–H groups in total. The molecule has 2 aromatic carbocycles. The van der Waals surface area contributed by atoms with Crippen molar-refractivity contribution in [1.29, 1.82) is 0 Å².